The topological polar surface area (TPSA) is 125 Å². The first-order valence-corrected chi connectivity index (χ1v) is 16.9. The number of benzene rings is 2. The monoisotopic (exact) mass is 658 g/mol. The number of hydrogen-bond donors (Lipinski definition) is 4. The first-order chi connectivity index (χ1) is 20.6. The second-order valence-electron chi connectivity index (χ2n) is 13.6. The van der Waals surface area contributed by atoms with Gasteiger partial charge in [0.2, 0.25) is 11.8 Å². The van der Waals surface area contributed by atoms with Crippen LogP contribution in [-0.2, 0) is 29.8 Å². The maximum atomic E-state index is 14.1. The number of thiol groups is 1. The summed E-state index contributed by atoms with van der Waals surface area (Å²) in [5.74, 6) is -1.59. The van der Waals surface area contributed by atoms with Gasteiger partial charge in [-0.05, 0) is 62.1 Å². The van der Waals surface area contributed by atoms with Crippen LogP contribution in [0.15, 0.2) is 70.0 Å². The average molecular weight is 659 g/mol. The van der Waals surface area contributed by atoms with Crippen molar-refractivity contribution >= 4 is 40.4 Å². The molecule has 0 radical (unpaired) electrons. The minimum Gasteiger partial charge on any atom is -0.342 e. The fraction of sp³-hybridized carbons (Fsp3) is 0.500. The Kier molecular flexibility index (Phi) is 12.6. The number of likely N-dealkylation sites (N-methyl/N-ethyl adjacent to an activating group) is 2. The SMILES string of the molecule is CN[C@H](C(=O)N[C@H](C(=O)N(C)[C@H](/C=C(\C)C(=O)NS(=O)(=O)c1ccc(C)cc1)C(C)C)C(C)(C)C)C(C)(C)c1cccc(S)c1. The normalized spacial score (nSPS) is 14.8. The summed E-state index contributed by atoms with van der Waals surface area (Å²) in [5, 5.41) is 6.14. The highest BCUT2D eigenvalue weighted by atomic mass is 32.2. The molecule has 248 valence electrons. The third-order valence-corrected chi connectivity index (χ3v) is 9.70. The van der Waals surface area contributed by atoms with Gasteiger partial charge in [-0.2, -0.15) is 0 Å². The van der Waals surface area contributed by atoms with Gasteiger partial charge in [0.05, 0.1) is 17.0 Å². The van der Waals surface area contributed by atoms with Crippen LogP contribution in [0.4, 0.5) is 0 Å². The van der Waals surface area contributed by atoms with Crippen molar-refractivity contribution in [2.75, 3.05) is 14.1 Å². The van der Waals surface area contributed by atoms with Crippen molar-refractivity contribution in [3.05, 3.63) is 71.3 Å². The minimum atomic E-state index is -4.08. The molecule has 0 spiro atoms. The molecule has 0 fully saturated rings. The van der Waals surface area contributed by atoms with Gasteiger partial charge in [-0.3, -0.25) is 14.4 Å². The van der Waals surface area contributed by atoms with E-state index in [4.69, 9.17) is 0 Å². The molecule has 0 unspecified atom stereocenters. The number of nitrogens with one attached hydrogen (secondary N) is 3. The van der Waals surface area contributed by atoms with Crippen LogP contribution in [0, 0.1) is 18.3 Å². The van der Waals surface area contributed by atoms with Crippen molar-refractivity contribution in [3.63, 3.8) is 0 Å². The number of sulfonamides is 1. The van der Waals surface area contributed by atoms with Crippen LogP contribution in [0.3, 0.4) is 0 Å². The maximum absolute atomic E-state index is 14.1. The van der Waals surface area contributed by atoms with E-state index in [2.05, 4.69) is 28.0 Å². The van der Waals surface area contributed by atoms with E-state index in [-0.39, 0.29) is 28.2 Å². The van der Waals surface area contributed by atoms with E-state index in [1.54, 1.807) is 32.3 Å². The summed E-state index contributed by atoms with van der Waals surface area (Å²) in [5.41, 5.74) is 0.657. The van der Waals surface area contributed by atoms with Crippen LogP contribution in [0.5, 0.6) is 0 Å². The van der Waals surface area contributed by atoms with Gasteiger partial charge >= 0.3 is 0 Å². The average Bonchev–Trinajstić information content (AvgIpc) is 2.93. The van der Waals surface area contributed by atoms with E-state index in [9.17, 15) is 22.8 Å². The molecule has 2 aromatic rings. The Balaban J connectivity index is 2.34. The molecule has 11 heteroatoms. The molecule has 0 aliphatic carbocycles. The smallest absolute Gasteiger partial charge is 0.264 e. The van der Waals surface area contributed by atoms with Crippen molar-refractivity contribution in [1.82, 2.24) is 20.3 Å². The van der Waals surface area contributed by atoms with Gasteiger partial charge < -0.3 is 15.5 Å². The van der Waals surface area contributed by atoms with Crippen molar-refractivity contribution in [1.29, 1.82) is 0 Å². The second-order valence-corrected chi connectivity index (χ2v) is 15.8. The molecule has 9 nitrogen and oxygen atoms in total. The third kappa shape index (κ3) is 9.67. The van der Waals surface area contributed by atoms with Gasteiger partial charge in [0.1, 0.15) is 6.04 Å². The number of carbonyl (C=O) groups is 3. The maximum Gasteiger partial charge on any atom is 0.264 e. The highest BCUT2D eigenvalue weighted by Gasteiger charge is 2.41. The second kappa shape index (κ2) is 15.0. The Morgan fingerprint density at radius 2 is 1.53 bits per heavy atom. The summed E-state index contributed by atoms with van der Waals surface area (Å²) in [6.07, 6.45) is 1.59. The molecule has 0 aliphatic heterocycles. The van der Waals surface area contributed by atoms with E-state index in [0.29, 0.717) is 0 Å². The van der Waals surface area contributed by atoms with Gasteiger partial charge in [0.25, 0.3) is 15.9 Å². The first kappa shape index (κ1) is 38.0. The number of nitrogens with zero attached hydrogens (tertiary/aromatic N) is 1. The zero-order valence-electron chi connectivity index (χ0n) is 28.3. The molecular formula is C34H50N4O5S2. The summed E-state index contributed by atoms with van der Waals surface area (Å²) < 4.78 is 27.7. The molecule has 45 heavy (non-hydrogen) atoms. The number of carbonyl (C=O) groups excluding carboxylic acids is 3. The molecule has 3 amide bonds. The Labute approximate surface area is 275 Å². The van der Waals surface area contributed by atoms with Gasteiger partial charge in [0, 0.05) is 22.9 Å². The fourth-order valence-electron chi connectivity index (χ4n) is 5.18. The number of amides is 3. The molecule has 3 atom stereocenters. The van der Waals surface area contributed by atoms with Crippen LogP contribution in [0.2, 0.25) is 0 Å². The van der Waals surface area contributed by atoms with Crippen molar-refractivity contribution < 1.29 is 22.8 Å². The van der Waals surface area contributed by atoms with E-state index in [1.165, 1.54) is 24.0 Å². The molecule has 0 saturated heterocycles. The number of rotatable bonds is 12. The highest BCUT2D eigenvalue weighted by molar-refractivity contribution is 7.90. The molecule has 0 aromatic heterocycles. The highest BCUT2D eigenvalue weighted by Crippen LogP contribution is 2.30. The van der Waals surface area contributed by atoms with Gasteiger partial charge in [-0.25, -0.2) is 13.1 Å². The number of hydrogen-bond acceptors (Lipinski definition) is 7. The zero-order valence-corrected chi connectivity index (χ0v) is 30.1. The van der Waals surface area contributed by atoms with Crippen LogP contribution in [0.1, 0.15) is 66.5 Å². The lowest BCUT2D eigenvalue weighted by molar-refractivity contribution is -0.140. The lowest BCUT2D eigenvalue weighted by Crippen LogP contribution is -2.61. The third-order valence-electron chi connectivity index (χ3n) is 8.08. The van der Waals surface area contributed by atoms with E-state index in [0.717, 1.165) is 16.0 Å². The summed E-state index contributed by atoms with van der Waals surface area (Å²) in [6.45, 7) is 16.7. The van der Waals surface area contributed by atoms with Crippen LogP contribution >= 0.6 is 12.6 Å². The predicted molar refractivity (Wildman–Crippen MR) is 183 cm³/mol. The van der Waals surface area contributed by atoms with Crippen LogP contribution in [-0.4, -0.2) is 63.3 Å². The molecule has 0 aliphatic rings. The number of aryl methyl sites for hydroxylation is 1. The van der Waals surface area contributed by atoms with E-state index >= 15 is 0 Å². The Hall–Kier alpha value is -3.15. The largest absolute Gasteiger partial charge is 0.342 e. The first-order valence-electron chi connectivity index (χ1n) is 15.0. The molecule has 2 aromatic carbocycles. The Bertz CT molecular complexity index is 1510. The standard InChI is InChI=1S/C34H50N4O5S2/c1-21(2)27(19-23(4)30(39)37-45(42,43)26-17-15-22(3)16-18-26)38(11)32(41)29(33(5,6)7)36-31(40)28(35-10)34(8,9)24-13-12-14-25(44)20-24/h12-21,27-29,35,44H,1-11H3,(H,36,40)(H,37,39)/b23-19+/t27-,28-,29-/m1/s1. The lowest BCUT2D eigenvalue weighted by atomic mass is 9.76. The minimum absolute atomic E-state index is 0.0212. The lowest BCUT2D eigenvalue weighted by Gasteiger charge is -2.40. The van der Waals surface area contributed by atoms with E-state index in [1.807, 2.05) is 79.7 Å². The predicted octanol–water partition coefficient (Wildman–Crippen LogP) is 4.61. The summed E-state index contributed by atoms with van der Waals surface area (Å²) in [6, 6.07) is 11.7. The van der Waals surface area contributed by atoms with Crippen LogP contribution in [0.25, 0.3) is 0 Å². The summed E-state index contributed by atoms with van der Waals surface area (Å²) in [7, 11) is -0.748. The van der Waals surface area contributed by atoms with Crippen molar-refractivity contribution in [3.8, 4) is 0 Å². The van der Waals surface area contributed by atoms with Gasteiger partial charge in [0.15, 0.2) is 0 Å². The van der Waals surface area contributed by atoms with E-state index < -0.39 is 44.9 Å². The molecule has 3 N–H and O–H groups in total. The Morgan fingerprint density at radius 1 is 0.956 bits per heavy atom. The zero-order chi connectivity index (χ0) is 34.5. The van der Waals surface area contributed by atoms with Crippen molar-refractivity contribution in [2.45, 2.75) is 95.6 Å². The molecule has 0 bridgehead atoms. The molecule has 2 rings (SSSR count). The molecule has 0 saturated carbocycles. The van der Waals surface area contributed by atoms with Crippen molar-refractivity contribution in [2.24, 2.45) is 11.3 Å². The summed E-state index contributed by atoms with van der Waals surface area (Å²) in [4.78, 5) is 43.2. The van der Waals surface area contributed by atoms with Gasteiger partial charge in [-0.1, -0.05) is 84.4 Å². The summed E-state index contributed by atoms with van der Waals surface area (Å²) >= 11 is 4.46. The molecule has 0 heterocycles. The molecular weight excluding hydrogens is 609 g/mol. The fourth-order valence-corrected chi connectivity index (χ4v) is 6.42. The van der Waals surface area contributed by atoms with Gasteiger partial charge in [-0.15, -0.1) is 12.6 Å². The van der Waals surface area contributed by atoms with Crippen LogP contribution < -0.4 is 15.4 Å². The quantitative estimate of drug-likeness (QED) is 0.195. The Morgan fingerprint density at radius 3 is 2.02 bits per heavy atom.